The van der Waals surface area contributed by atoms with E-state index in [-0.39, 0.29) is 17.4 Å². The molecule has 2 heterocycles. The van der Waals surface area contributed by atoms with E-state index in [0.717, 1.165) is 13.0 Å². The molecule has 0 saturated carbocycles. The number of fused-ring (bicyclic) bond motifs is 1. The Kier molecular flexibility index (Phi) is 6.28. The normalized spacial score (nSPS) is 11.0. The van der Waals surface area contributed by atoms with Gasteiger partial charge >= 0.3 is 0 Å². The maximum absolute atomic E-state index is 12.8. The molecular formula is C20H22ClN5O2. The smallest absolute Gasteiger partial charge is 0.292 e. The molecule has 146 valence electrons. The van der Waals surface area contributed by atoms with Crippen LogP contribution in [0, 0.1) is 0 Å². The Balaban J connectivity index is 1.83. The van der Waals surface area contributed by atoms with Crippen molar-refractivity contribution in [2.24, 2.45) is 0 Å². The number of amides is 2. The van der Waals surface area contributed by atoms with Crippen LogP contribution in [0.1, 0.15) is 27.5 Å². The van der Waals surface area contributed by atoms with Crippen molar-refractivity contribution >= 4 is 34.6 Å². The van der Waals surface area contributed by atoms with Gasteiger partial charge in [-0.2, -0.15) is 0 Å². The van der Waals surface area contributed by atoms with Gasteiger partial charge in [-0.1, -0.05) is 29.8 Å². The van der Waals surface area contributed by atoms with Crippen LogP contribution in [-0.2, 0) is 0 Å². The number of aromatic nitrogens is 2. The standard InChI is InChI=1S/C20H22ClN5O2/c1-25(2)12-7-11-22-19(27)17-16-10-5-6-13-26(16)18(24-17)20(28)23-15-9-4-3-8-14(15)21/h3-6,8-10,13H,7,11-12H2,1-2H3,(H,22,27)(H,23,28). The maximum Gasteiger partial charge on any atom is 0.292 e. The van der Waals surface area contributed by atoms with Gasteiger partial charge in [0, 0.05) is 12.7 Å². The monoisotopic (exact) mass is 399 g/mol. The van der Waals surface area contributed by atoms with E-state index in [1.807, 2.05) is 14.1 Å². The summed E-state index contributed by atoms with van der Waals surface area (Å²) in [5.74, 6) is -0.630. The number of benzene rings is 1. The molecule has 0 atom stereocenters. The number of hydrogen-bond acceptors (Lipinski definition) is 4. The van der Waals surface area contributed by atoms with Crippen molar-refractivity contribution in [1.29, 1.82) is 0 Å². The predicted molar refractivity (Wildman–Crippen MR) is 110 cm³/mol. The number of carbonyl (C=O) groups excluding carboxylic acids is 2. The van der Waals surface area contributed by atoms with Crippen LogP contribution in [0.5, 0.6) is 0 Å². The van der Waals surface area contributed by atoms with Crippen LogP contribution in [0.2, 0.25) is 5.02 Å². The quantitative estimate of drug-likeness (QED) is 0.599. The molecule has 2 aromatic heterocycles. The second kappa shape index (κ2) is 8.86. The highest BCUT2D eigenvalue weighted by atomic mass is 35.5. The van der Waals surface area contributed by atoms with Gasteiger partial charge in [0.1, 0.15) is 0 Å². The average Bonchev–Trinajstić information content (AvgIpc) is 3.07. The summed E-state index contributed by atoms with van der Waals surface area (Å²) in [6.07, 6.45) is 2.52. The van der Waals surface area contributed by atoms with Crippen LogP contribution in [0.25, 0.3) is 5.52 Å². The van der Waals surface area contributed by atoms with Gasteiger partial charge < -0.3 is 15.5 Å². The molecule has 8 heteroatoms. The summed E-state index contributed by atoms with van der Waals surface area (Å²) in [7, 11) is 3.96. The number of para-hydroxylation sites is 1. The Morgan fingerprint density at radius 2 is 1.86 bits per heavy atom. The molecule has 1 aromatic carbocycles. The van der Waals surface area contributed by atoms with Gasteiger partial charge in [-0.25, -0.2) is 4.98 Å². The van der Waals surface area contributed by atoms with E-state index in [9.17, 15) is 9.59 Å². The molecule has 7 nitrogen and oxygen atoms in total. The number of rotatable bonds is 7. The highest BCUT2D eigenvalue weighted by Gasteiger charge is 2.21. The number of carbonyl (C=O) groups is 2. The van der Waals surface area contributed by atoms with Crippen LogP contribution in [0.15, 0.2) is 48.7 Å². The van der Waals surface area contributed by atoms with Crippen LogP contribution in [0.4, 0.5) is 5.69 Å². The van der Waals surface area contributed by atoms with Gasteiger partial charge in [-0.15, -0.1) is 0 Å². The van der Waals surface area contributed by atoms with Gasteiger partial charge in [0.2, 0.25) is 5.82 Å². The maximum atomic E-state index is 12.8. The van der Waals surface area contributed by atoms with Gasteiger partial charge in [-0.3, -0.25) is 14.0 Å². The summed E-state index contributed by atoms with van der Waals surface area (Å²) in [5.41, 5.74) is 1.27. The van der Waals surface area contributed by atoms with Crippen LogP contribution >= 0.6 is 11.6 Å². The fraction of sp³-hybridized carbons (Fsp3) is 0.250. The average molecular weight is 400 g/mol. The summed E-state index contributed by atoms with van der Waals surface area (Å²) < 4.78 is 1.60. The summed E-state index contributed by atoms with van der Waals surface area (Å²) in [4.78, 5) is 31.7. The number of pyridine rings is 1. The molecular weight excluding hydrogens is 378 g/mol. The van der Waals surface area contributed by atoms with Crippen LogP contribution in [-0.4, -0.2) is 53.3 Å². The number of halogens is 1. The predicted octanol–water partition coefficient (Wildman–Crippen LogP) is 2.92. The van der Waals surface area contributed by atoms with Crippen molar-refractivity contribution in [3.8, 4) is 0 Å². The fourth-order valence-electron chi connectivity index (χ4n) is 2.79. The number of anilines is 1. The Hall–Kier alpha value is -2.90. The molecule has 0 bridgehead atoms. The Labute approximate surface area is 168 Å². The first-order chi connectivity index (χ1) is 13.5. The van der Waals surface area contributed by atoms with Crippen molar-refractivity contribution in [3.05, 3.63) is 65.2 Å². The molecule has 0 aliphatic heterocycles. The number of imidazole rings is 1. The summed E-state index contributed by atoms with van der Waals surface area (Å²) in [5, 5.41) is 6.03. The van der Waals surface area contributed by atoms with Crippen molar-refractivity contribution < 1.29 is 9.59 Å². The topological polar surface area (TPSA) is 78.7 Å². The second-order valence-corrected chi connectivity index (χ2v) is 6.99. The van der Waals surface area contributed by atoms with Gasteiger partial charge in [0.05, 0.1) is 16.2 Å². The van der Waals surface area contributed by atoms with Crippen molar-refractivity contribution in [2.75, 3.05) is 32.5 Å². The van der Waals surface area contributed by atoms with Crippen molar-refractivity contribution in [2.45, 2.75) is 6.42 Å². The number of nitrogens with zero attached hydrogens (tertiary/aromatic N) is 3. The third-order valence-electron chi connectivity index (χ3n) is 4.16. The Morgan fingerprint density at radius 1 is 1.11 bits per heavy atom. The zero-order chi connectivity index (χ0) is 20.1. The lowest BCUT2D eigenvalue weighted by Crippen LogP contribution is -2.27. The zero-order valence-electron chi connectivity index (χ0n) is 15.8. The molecule has 0 saturated heterocycles. The zero-order valence-corrected chi connectivity index (χ0v) is 16.5. The van der Waals surface area contributed by atoms with Crippen molar-refractivity contribution in [1.82, 2.24) is 19.6 Å². The third kappa shape index (κ3) is 4.49. The lowest BCUT2D eigenvalue weighted by Gasteiger charge is -2.09. The molecule has 3 aromatic rings. The van der Waals surface area contributed by atoms with Crippen molar-refractivity contribution in [3.63, 3.8) is 0 Å². The van der Waals surface area contributed by atoms with E-state index >= 15 is 0 Å². The first kappa shape index (κ1) is 19.9. The second-order valence-electron chi connectivity index (χ2n) is 6.59. The molecule has 0 spiro atoms. The van der Waals surface area contributed by atoms with E-state index in [0.29, 0.717) is 22.8 Å². The largest absolute Gasteiger partial charge is 0.351 e. The SMILES string of the molecule is CN(C)CCCNC(=O)c1nc(C(=O)Nc2ccccc2Cl)n2ccccc12. The minimum atomic E-state index is -0.444. The summed E-state index contributed by atoms with van der Waals surface area (Å²) >= 11 is 6.11. The van der Waals surface area contributed by atoms with E-state index in [4.69, 9.17) is 11.6 Å². The lowest BCUT2D eigenvalue weighted by molar-refractivity contribution is 0.0949. The minimum Gasteiger partial charge on any atom is -0.351 e. The van der Waals surface area contributed by atoms with Crippen LogP contribution in [0.3, 0.4) is 0 Å². The summed E-state index contributed by atoms with van der Waals surface area (Å²) in [6.45, 7) is 1.40. The molecule has 0 fully saturated rings. The molecule has 0 aliphatic carbocycles. The Bertz CT molecular complexity index is 999. The number of nitrogens with one attached hydrogen (secondary N) is 2. The van der Waals surface area contributed by atoms with E-state index in [2.05, 4.69) is 20.5 Å². The summed E-state index contributed by atoms with van der Waals surface area (Å²) in [6, 6.07) is 12.3. The van der Waals surface area contributed by atoms with Gasteiger partial charge in [0.25, 0.3) is 11.8 Å². The Morgan fingerprint density at radius 3 is 2.61 bits per heavy atom. The highest BCUT2D eigenvalue weighted by Crippen LogP contribution is 2.22. The van der Waals surface area contributed by atoms with E-state index in [1.54, 1.807) is 53.1 Å². The molecule has 0 radical (unpaired) electrons. The first-order valence-electron chi connectivity index (χ1n) is 8.93. The van der Waals surface area contributed by atoms with E-state index < -0.39 is 5.91 Å². The minimum absolute atomic E-state index is 0.119. The molecule has 2 amide bonds. The molecule has 2 N–H and O–H groups in total. The van der Waals surface area contributed by atoms with E-state index in [1.165, 1.54) is 0 Å². The third-order valence-corrected chi connectivity index (χ3v) is 4.49. The first-order valence-corrected chi connectivity index (χ1v) is 9.31. The van der Waals surface area contributed by atoms with Gasteiger partial charge in [0.15, 0.2) is 5.69 Å². The molecule has 0 aliphatic rings. The molecule has 0 unspecified atom stereocenters. The fourth-order valence-corrected chi connectivity index (χ4v) is 2.97. The van der Waals surface area contributed by atoms with Crippen LogP contribution < -0.4 is 10.6 Å². The van der Waals surface area contributed by atoms with Gasteiger partial charge in [-0.05, 0) is 51.3 Å². The highest BCUT2D eigenvalue weighted by molar-refractivity contribution is 6.33. The molecule has 28 heavy (non-hydrogen) atoms. The lowest BCUT2D eigenvalue weighted by atomic mass is 10.3. The number of hydrogen-bond donors (Lipinski definition) is 2. The molecule has 3 rings (SSSR count).